The van der Waals surface area contributed by atoms with E-state index in [-0.39, 0.29) is 5.92 Å². The molecule has 0 radical (unpaired) electrons. The van der Waals surface area contributed by atoms with E-state index in [1.807, 2.05) is 23.1 Å². The van der Waals surface area contributed by atoms with Crippen LogP contribution < -0.4 is 0 Å². The van der Waals surface area contributed by atoms with Gasteiger partial charge >= 0.3 is 0 Å². The van der Waals surface area contributed by atoms with Crippen LogP contribution in [0.25, 0.3) is 0 Å². The van der Waals surface area contributed by atoms with Gasteiger partial charge in [-0.1, -0.05) is 6.07 Å². The number of aliphatic hydroxyl groups excluding tert-OH is 1. The van der Waals surface area contributed by atoms with Crippen molar-refractivity contribution in [3.05, 3.63) is 47.5 Å². The van der Waals surface area contributed by atoms with Crippen molar-refractivity contribution in [1.82, 2.24) is 14.8 Å². The normalized spacial score (nSPS) is 19.9. The molecule has 2 unspecified atom stereocenters. The Balaban J connectivity index is 1.89. The summed E-state index contributed by atoms with van der Waals surface area (Å²) in [6.45, 7) is 4.17. The molecule has 1 N–H and O–H groups in total. The zero-order chi connectivity index (χ0) is 14.1. The van der Waals surface area contributed by atoms with E-state index in [0.29, 0.717) is 6.04 Å². The first-order chi connectivity index (χ1) is 9.66. The Morgan fingerprint density at radius 1 is 1.40 bits per heavy atom. The number of hydrogen-bond acceptors (Lipinski definition) is 3. The van der Waals surface area contributed by atoms with E-state index in [9.17, 15) is 5.11 Å². The van der Waals surface area contributed by atoms with Crippen molar-refractivity contribution in [2.45, 2.75) is 51.2 Å². The van der Waals surface area contributed by atoms with Gasteiger partial charge in [0.15, 0.2) is 0 Å². The number of aryl methyl sites for hydroxylation is 1. The average Bonchev–Trinajstić information content (AvgIpc) is 2.96. The highest BCUT2D eigenvalue weighted by molar-refractivity contribution is 5.29. The summed E-state index contributed by atoms with van der Waals surface area (Å²) in [6.07, 6.45) is 8.20. The van der Waals surface area contributed by atoms with Crippen LogP contribution in [0.3, 0.4) is 0 Å². The van der Waals surface area contributed by atoms with Gasteiger partial charge in [-0.25, -0.2) is 0 Å². The lowest BCUT2D eigenvalue weighted by Gasteiger charge is -2.27. The molecule has 106 valence electrons. The highest BCUT2D eigenvalue weighted by atomic mass is 16.3. The highest BCUT2D eigenvalue weighted by Crippen LogP contribution is 2.39. The van der Waals surface area contributed by atoms with Gasteiger partial charge in [-0.2, -0.15) is 5.10 Å². The van der Waals surface area contributed by atoms with Gasteiger partial charge in [-0.15, -0.1) is 0 Å². The number of nitrogens with zero attached hydrogens (tertiary/aromatic N) is 3. The molecule has 0 bridgehead atoms. The summed E-state index contributed by atoms with van der Waals surface area (Å²) in [7, 11) is 0. The predicted molar refractivity (Wildman–Crippen MR) is 77.5 cm³/mol. The number of aliphatic hydroxyl groups is 1. The lowest BCUT2D eigenvalue weighted by atomic mass is 9.81. The number of fused-ring (bicyclic) bond motifs is 1. The van der Waals surface area contributed by atoms with Crippen molar-refractivity contribution >= 4 is 0 Å². The molecule has 0 fully saturated rings. The molecule has 0 aromatic carbocycles. The van der Waals surface area contributed by atoms with Crippen LogP contribution in [0, 0.1) is 0 Å². The summed E-state index contributed by atoms with van der Waals surface area (Å²) >= 11 is 0. The van der Waals surface area contributed by atoms with Gasteiger partial charge in [0, 0.05) is 35.6 Å². The topological polar surface area (TPSA) is 50.9 Å². The SMILES string of the molecule is CC(C)n1cc(C(O)C2CCCc3cccnc32)cn1. The molecular weight excluding hydrogens is 250 g/mol. The summed E-state index contributed by atoms with van der Waals surface area (Å²) < 4.78 is 1.89. The molecule has 0 aliphatic heterocycles. The Morgan fingerprint density at radius 2 is 2.25 bits per heavy atom. The minimum atomic E-state index is -0.517. The maximum absolute atomic E-state index is 10.7. The standard InChI is InChI=1S/C16H21N3O/c1-11(2)19-10-13(9-18-19)16(20)14-7-3-5-12-6-4-8-17-15(12)14/h4,6,8-11,14,16,20H,3,5,7H2,1-2H3. The van der Waals surface area contributed by atoms with Crippen LogP contribution in [-0.2, 0) is 6.42 Å². The minimum absolute atomic E-state index is 0.0877. The first kappa shape index (κ1) is 13.3. The summed E-state index contributed by atoms with van der Waals surface area (Å²) in [4.78, 5) is 4.50. The van der Waals surface area contributed by atoms with Crippen molar-refractivity contribution in [2.75, 3.05) is 0 Å². The van der Waals surface area contributed by atoms with E-state index >= 15 is 0 Å². The number of hydrogen-bond donors (Lipinski definition) is 1. The van der Waals surface area contributed by atoms with Crippen LogP contribution in [-0.4, -0.2) is 19.9 Å². The molecule has 2 aromatic heterocycles. The lowest BCUT2D eigenvalue weighted by Crippen LogP contribution is -2.18. The van der Waals surface area contributed by atoms with Crippen LogP contribution in [0.2, 0.25) is 0 Å². The quantitative estimate of drug-likeness (QED) is 0.933. The fourth-order valence-electron chi connectivity index (χ4n) is 2.97. The van der Waals surface area contributed by atoms with Gasteiger partial charge < -0.3 is 5.11 Å². The van der Waals surface area contributed by atoms with Crippen LogP contribution >= 0.6 is 0 Å². The Kier molecular flexibility index (Phi) is 3.57. The van der Waals surface area contributed by atoms with Crippen molar-refractivity contribution < 1.29 is 5.11 Å². The molecule has 0 amide bonds. The predicted octanol–water partition coefficient (Wildman–Crippen LogP) is 3.01. The van der Waals surface area contributed by atoms with E-state index in [1.54, 1.807) is 6.20 Å². The van der Waals surface area contributed by atoms with E-state index in [4.69, 9.17) is 0 Å². The summed E-state index contributed by atoms with van der Waals surface area (Å²) in [5.41, 5.74) is 3.23. The molecule has 4 heteroatoms. The lowest BCUT2D eigenvalue weighted by molar-refractivity contribution is 0.134. The molecule has 4 nitrogen and oxygen atoms in total. The number of rotatable bonds is 3. The molecule has 2 aromatic rings. The van der Waals surface area contributed by atoms with Gasteiger partial charge in [0.1, 0.15) is 0 Å². The van der Waals surface area contributed by atoms with E-state index in [1.165, 1.54) is 5.56 Å². The highest BCUT2D eigenvalue weighted by Gasteiger charge is 2.29. The Hall–Kier alpha value is -1.68. The molecular formula is C16H21N3O. The van der Waals surface area contributed by atoms with Crippen molar-refractivity contribution in [3.63, 3.8) is 0 Å². The first-order valence-corrected chi connectivity index (χ1v) is 7.32. The Labute approximate surface area is 119 Å². The summed E-state index contributed by atoms with van der Waals surface area (Å²) in [5, 5.41) is 15.0. The second kappa shape index (κ2) is 5.37. The van der Waals surface area contributed by atoms with Crippen LogP contribution in [0.15, 0.2) is 30.7 Å². The largest absolute Gasteiger partial charge is 0.388 e. The number of aromatic nitrogens is 3. The number of pyridine rings is 1. The van der Waals surface area contributed by atoms with Gasteiger partial charge in [0.25, 0.3) is 0 Å². The Bertz CT molecular complexity index is 591. The van der Waals surface area contributed by atoms with Crippen LogP contribution in [0.1, 0.15) is 61.6 Å². The van der Waals surface area contributed by atoms with Gasteiger partial charge in [0.2, 0.25) is 0 Å². The summed E-state index contributed by atoms with van der Waals surface area (Å²) in [5.74, 6) is 0.0877. The maximum Gasteiger partial charge on any atom is 0.0904 e. The van der Waals surface area contributed by atoms with Crippen molar-refractivity contribution in [2.24, 2.45) is 0 Å². The van der Waals surface area contributed by atoms with Crippen LogP contribution in [0.5, 0.6) is 0 Å². The molecule has 20 heavy (non-hydrogen) atoms. The Morgan fingerprint density at radius 3 is 3.00 bits per heavy atom. The molecule has 1 aliphatic rings. The van der Waals surface area contributed by atoms with Gasteiger partial charge in [0.05, 0.1) is 12.3 Å². The zero-order valence-electron chi connectivity index (χ0n) is 12.0. The molecule has 1 aliphatic carbocycles. The second-order valence-electron chi connectivity index (χ2n) is 5.84. The first-order valence-electron chi connectivity index (χ1n) is 7.32. The molecule has 0 saturated heterocycles. The second-order valence-corrected chi connectivity index (χ2v) is 5.84. The van der Waals surface area contributed by atoms with Crippen LogP contribution in [0.4, 0.5) is 0 Å². The molecule has 2 heterocycles. The zero-order valence-corrected chi connectivity index (χ0v) is 12.0. The third-order valence-electron chi connectivity index (χ3n) is 4.11. The smallest absolute Gasteiger partial charge is 0.0904 e. The maximum atomic E-state index is 10.7. The molecule has 2 atom stereocenters. The van der Waals surface area contributed by atoms with E-state index in [0.717, 1.165) is 30.5 Å². The molecule has 0 spiro atoms. The van der Waals surface area contributed by atoms with Crippen molar-refractivity contribution in [1.29, 1.82) is 0 Å². The third-order valence-corrected chi connectivity index (χ3v) is 4.11. The van der Waals surface area contributed by atoms with Gasteiger partial charge in [-0.05, 0) is 44.7 Å². The fraction of sp³-hybridized carbons (Fsp3) is 0.500. The van der Waals surface area contributed by atoms with Crippen molar-refractivity contribution in [3.8, 4) is 0 Å². The average molecular weight is 271 g/mol. The molecule has 3 rings (SSSR count). The van der Waals surface area contributed by atoms with Gasteiger partial charge in [-0.3, -0.25) is 9.67 Å². The fourth-order valence-corrected chi connectivity index (χ4v) is 2.97. The molecule has 0 saturated carbocycles. The third kappa shape index (κ3) is 2.36. The monoisotopic (exact) mass is 271 g/mol. The summed E-state index contributed by atoms with van der Waals surface area (Å²) in [6, 6.07) is 4.41. The van der Waals surface area contributed by atoms with E-state index in [2.05, 4.69) is 30.0 Å². The minimum Gasteiger partial charge on any atom is -0.388 e. The van der Waals surface area contributed by atoms with E-state index < -0.39 is 6.10 Å².